The average molecular weight is 318 g/mol. The highest BCUT2D eigenvalue weighted by Gasteiger charge is 2.46. The van der Waals surface area contributed by atoms with Crippen LogP contribution in [0.3, 0.4) is 0 Å². The molecule has 0 saturated carbocycles. The molecule has 0 rings (SSSR count). The van der Waals surface area contributed by atoms with Gasteiger partial charge in [0.25, 0.3) is 5.52 Å². The maximum Gasteiger partial charge on any atom is 0.395 e. The van der Waals surface area contributed by atoms with Gasteiger partial charge in [-0.3, -0.25) is 9.13 Å². The second-order valence-corrected chi connectivity index (χ2v) is 8.61. The van der Waals surface area contributed by atoms with Crippen molar-refractivity contribution in [1.29, 1.82) is 0 Å². The monoisotopic (exact) mass is 318 g/mol. The molecule has 0 saturated heterocycles. The Balaban J connectivity index is 3.85. The lowest BCUT2D eigenvalue weighted by Crippen LogP contribution is -2.89. The van der Waals surface area contributed by atoms with E-state index in [1.807, 2.05) is 0 Å². The minimum absolute atomic E-state index is 0.314. The van der Waals surface area contributed by atoms with Gasteiger partial charge in [0.15, 0.2) is 0 Å². The highest BCUT2D eigenvalue weighted by atomic mass is 31.2. The topological polar surface area (TPSA) is 132 Å². The molecule has 0 fully saturated rings. The summed E-state index contributed by atoms with van der Waals surface area (Å²) in [5.41, 5.74) is -1.96. The van der Waals surface area contributed by atoms with Crippen LogP contribution < -0.4 is 5.32 Å². The summed E-state index contributed by atoms with van der Waals surface area (Å²) in [5.74, 6) is 0. The van der Waals surface area contributed by atoms with Crippen molar-refractivity contribution in [3.8, 4) is 0 Å². The largest absolute Gasteiger partial charge is 0.395 e. The van der Waals surface area contributed by atoms with Crippen molar-refractivity contribution in [3.63, 3.8) is 0 Å². The van der Waals surface area contributed by atoms with E-state index in [0.717, 1.165) is 24.6 Å². The number of quaternary nitrogens is 1. The average Bonchev–Trinajstić information content (AvgIpc) is 2.23. The molecular weight excluding hydrogens is 292 g/mol. The van der Waals surface area contributed by atoms with Gasteiger partial charge in [-0.2, -0.15) is 0 Å². The fourth-order valence-corrected chi connectivity index (χ4v) is 4.25. The maximum atomic E-state index is 11.0. The maximum absolute atomic E-state index is 11.0. The zero-order valence-corrected chi connectivity index (χ0v) is 13.1. The molecule has 0 aromatic rings. The smallest absolute Gasteiger partial charge is 0.324 e. The van der Waals surface area contributed by atoms with Crippen LogP contribution in [0.5, 0.6) is 0 Å². The number of hydrogen-bond donors (Lipinski definition) is 5. The molecule has 0 aliphatic heterocycles. The Morgan fingerprint density at radius 3 is 1.68 bits per heavy atom. The molecular formula is C10H26NO6P2+. The SMILES string of the molecule is CCCCCCCCC[NH2+]C(P(=O)(O)O)P(=O)(O)O. The summed E-state index contributed by atoms with van der Waals surface area (Å²) in [7, 11) is -9.57. The van der Waals surface area contributed by atoms with Gasteiger partial charge in [-0.15, -0.1) is 0 Å². The second kappa shape index (κ2) is 9.24. The summed E-state index contributed by atoms with van der Waals surface area (Å²) in [6, 6.07) is 0. The number of rotatable bonds is 11. The molecule has 7 nitrogen and oxygen atoms in total. The van der Waals surface area contributed by atoms with Gasteiger partial charge in [0.1, 0.15) is 0 Å². The summed E-state index contributed by atoms with van der Waals surface area (Å²) >= 11 is 0. The van der Waals surface area contributed by atoms with Crippen molar-refractivity contribution in [2.24, 2.45) is 0 Å². The van der Waals surface area contributed by atoms with Crippen LogP contribution in [0.2, 0.25) is 0 Å². The van der Waals surface area contributed by atoms with E-state index in [4.69, 9.17) is 19.6 Å². The van der Waals surface area contributed by atoms with Crippen LogP contribution >= 0.6 is 15.2 Å². The molecule has 0 radical (unpaired) electrons. The van der Waals surface area contributed by atoms with E-state index in [-0.39, 0.29) is 0 Å². The van der Waals surface area contributed by atoms with E-state index >= 15 is 0 Å². The van der Waals surface area contributed by atoms with Gasteiger partial charge in [-0.1, -0.05) is 39.0 Å². The Labute approximate surface area is 114 Å². The Morgan fingerprint density at radius 2 is 1.26 bits per heavy atom. The molecule has 0 aliphatic rings. The fourth-order valence-electron chi connectivity index (χ4n) is 1.84. The molecule has 0 aromatic carbocycles. The van der Waals surface area contributed by atoms with Crippen molar-refractivity contribution < 1.29 is 34.0 Å². The van der Waals surface area contributed by atoms with Gasteiger partial charge < -0.3 is 24.9 Å². The first-order valence-electron chi connectivity index (χ1n) is 6.63. The van der Waals surface area contributed by atoms with Gasteiger partial charge in [0.2, 0.25) is 0 Å². The van der Waals surface area contributed by atoms with Crippen molar-refractivity contribution in [2.45, 2.75) is 57.4 Å². The zero-order valence-electron chi connectivity index (χ0n) is 11.3. The summed E-state index contributed by atoms with van der Waals surface area (Å²) in [6.45, 7) is 2.45. The molecule has 0 atom stereocenters. The zero-order chi connectivity index (χ0) is 14.9. The van der Waals surface area contributed by atoms with Crippen LogP contribution in [0, 0.1) is 0 Å². The third-order valence-electron chi connectivity index (χ3n) is 2.87. The first-order valence-corrected chi connectivity index (χ1v) is 9.99. The van der Waals surface area contributed by atoms with Crippen molar-refractivity contribution in [2.75, 3.05) is 6.54 Å². The number of nitrogens with two attached hydrogens (primary N) is 1. The van der Waals surface area contributed by atoms with Crippen molar-refractivity contribution in [1.82, 2.24) is 0 Å². The first kappa shape index (κ1) is 19.3. The molecule has 6 N–H and O–H groups in total. The van der Waals surface area contributed by atoms with Gasteiger partial charge in [-0.05, 0) is 12.8 Å². The molecule has 0 unspecified atom stereocenters. The predicted octanol–water partition coefficient (Wildman–Crippen LogP) is 0.939. The van der Waals surface area contributed by atoms with Crippen LogP contribution in [0.15, 0.2) is 0 Å². The van der Waals surface area contributed by atoms with Crippen LogP contribution in [-0.2, 0) is 9.13 Å². The molecule has 0 aliphatic carbocycles. The lowest BCUT2D eigenvalue weighted by molar-refractivity contribution is -0.656. The molecule has 0 aromatic heterocycles. The Bertz CT molecular complexity index is 304. The van der Waals surface area contributed by atoms with E-state index in [9.17, 15) is 9.13 Å². The van der Waals surface area contributed by atoms with E-state index in [0.29, 0.717) is 13.0 Å². The predicted molar refractivity (Wildman–Crippen MR) is 72.7 cm³/mol. The molecule has 0 spiro atoms. The Kier molecular flexibility index (Phi) is 9.37. The van der Waals surface area contributed by atoms with E-state index < -0.39 is 20.7 Å². The fraction of sp³-hybridized carbons (Fsp3) is 1.00. The van der Waals surface area contributed by atoms with Gasteiger partial charge in [0.05, 0.1) is 6.54 Å². The molecule has 0 amide bonds. The van der Waals surface area contributed by atoms with Crippen LogP contribution in [0.25, 0.3) is 0 Å². The van der Waals surface area contributed by atoms with Crippen molar-refractivity contribution in [3.05, 3.63) is 0 Å². The molecule has 0 heterocycles. The summed E-state index contributed by atoms with van der Waals surface area (Å²) in [4.78, 5) is 35.6. The minimum atomic E-state index is -4.79. The van der Waals surface area contributed by atoms with E-state index in [1.54, 1.807) is 0 Å². The first-order chi connectivity index (χ1) is 8.69. The highest BCUT2D eigenvalue weighted by molar-refractivity contribution is 7.70. The minimum Gasteiger partial charge on any atom is -0.324 e. The third-order valence-corrected chi connectivity index (χ3v) is 6.48. The number of unbranched alkanes of at least 4 members (excludes halogenated alkanes) is 6. The van der Waals surface area contributed by atoms with Gasteiger partial charge >= 0.3 is 15.2 Å². The quantitative estimate of drug-likeness (QED) is 0.284. The molecule has 19 heavy (non-hydrogen) atoms. The Hall–Kier alpha value is 0.260. The van der Waals surface area contributed by atoms with Crippen molar-refractivity contribution >= 4 is 15.2 Å². The van der Waals surface area contributed by atoms with Gasteiger partial charge in [-0.25, -0.2) is 0 Å². The van der Waals surface area contributed by atoms with E-state index in [1.165, 1.54) is 19.3 Å². The van der Waals surface area contributed by atoms with E-state index in [2.05, 4.69) is 6.92 Å². The van der Waals surface area contributed by atoms with Gasteiger partial charge in [0, 0.05) is 0 Å². The molecule has 9 heteroatoms. The summed E-state index contributed by atoms with van der Waals surface area (Å²) in [6.07, 6.45) is 7.37. The number of hydrogen-bond acceptors (Lipinski definition) is 2. The van der Waals surface area contributed by atoms with Crippen LogP contribution in [0.4, 0.5) is 0 Å². The van der Waals surface area contributed by atoms with Crippen LogP contribution in [0.1, 0.15) is 51.9 Å². The lowest BCUT2D eigenvalue weighted by Gasteiger charge is -2.17. The normalized spacial score (nSPS) is 13.2. The third kappa shape index (κ3) is 9.74. The molecule has 116 valence electrons. The second-order valence-electron chi connectivity index (χ2n) is 4.74. The Morgan fingerprint density at radius 1 is 0.842 bits per heavy atom. The summed E-state index contributed by atoms with van der Waals surface area (Å²) in [5, 5.41) is 1.08. The summed E-state index contributed by atoms with van der Waals surface area (Å²) < 4.78 is 22.0. The highest BCUT2D eigenvalue weighted by Crippen LogP contribution is 2.56. The molecule has 0 bridgehead atoms. The lowest BCUT2D eigenvalue weighted by atomic mass is 10.1. The standard InChI is InChI=1S/C10H25NO6P2/c1-2-3-4-5-6-7-8-9-11-10(18(12,13)14)19(15,16)17/h10-11H,2-9H2,1H3,(H2,12,13,14)(H2,15,16,17)/p+1. The van der Waals surface area contributed by atoms with Crippen LogP contribution in [-0.4, -0.2) is 31.6 Å².